The van der Waals surface area contributed by atoms with Gasteiger partial charge in [0.25, 0.3) is 0 Å². The molecule has 0 aromatic heterocycles. The van der Waals surface area contributed by atoms with Crippen molar-refractivity contribution in [1.29, 1.82) is 0 Å². The van der Waals surface area contributed by atoms with Crippen LogP contribution in [0.25, 0.3) is 0 Å². The quantitative estimate of drug-likeness (QED) is 0.659. The van der Waals surface area contributed by atoms with Crippen LogP contribution in [0.2, 0.25) is 5.02 Å². The van der Waals surface area contributed by atoms with Gasteiger partial charge in [-0.1, -0.05) is 53.6 Å². The summed E-state index contributed by atoms with van der Waals surface area (Å²) in [4.78, 5) is 0. The zero-order chi connectivity index (χ0) is 13.1. The maximum Gasteiger partial charge on any atom is 0.142 e. The number of rotatable bonds is 3. The molecule has 1 atom stereocenters. The molecule has 1 unspecified atom stereocenters. The smallest absolute Gasteiger partial charge is 0.142 e. The van der Waals surface area contributed by atoms with Crippen molar-refractivity contribution in [2.45, 2.75) is 13.0 Å². The Morgan fingerprint density at radius 2 is 1.94 bits per heavy atom. The third kappa shape index (κ3) is 2.53. The molecule has 0 saturated carbocycles. The van der Waals surface area contributed by atoms with Crippen LogP contribution in [0.4, 0.5) is 4.39 Å². The lowest BCUT2D eigenvalue weighted by atomic mass is 9.98. The van der Waals surface area contributed by atoms with Crippen LogP contribution < -0.4 is 11.3 Å². The van der Waals surface area contributed by atoms with E-state index in [0.29, 0.717) is 5.56 Å². The van der Waals surface area contributed by atoms with Gasteiger partial charge in [-0.2, -0.15) is 0 Å². The van der Waals surface area contributed by atoms with Crippen molar-refractivity contribution in [1.82, 2.24) is 5.43 Å². The molecule has 2 aromatic rings. The van der Waals surface area contributed by atoms with Crippen LogP contribution in [0.3, 0.4) is 0 Å². The molecule has 2 aromatic carbocycles. The molecule has 0 aliphatic rings. The van der Waals surface area contributed by atoms with Crippen molar-refractivity contribution in [3.63, 3.8) is 0 Å². The second-order valence-electron chi connectivity index (χ2n) is 4.16. The van der Waals surface area contributed by atoms with E-state index in [1.54, 1.807) is 12.1 Å². The highest BCUT2D eigenvalue weighted by atomic mass is 35.5. The van der Waals surface area contributed by atoms with Crippen LogP contribution in [0.5, 0.6) is 0 Å². The van der Waals surface area contributed by atoms with Gasteiger partial charge in [0.1, 0.15) is 5.82 Å². The van der Waals surface area contributed by atoms with Crippen molar-refractivity contribution < 1.29 is 4.39 Å². The number of halogens is 2. The lowest BCUT2D eigenvalue weighted by Crippen LogP contribution is -2.29. The van der Waals surface area contributed by atoms with Gasteiger partial charge in [0.05, 0.1) is 11.1 Å². The molecule has 0 bridgehead atoms. The minimum absolute atomic E-state index is 0.0990. The van der Waals surface area contributed by atoms with E-state index in [0.717, 1.165) is 11.1 Å². The maximum absolute atomic E-state index is 13.5. The number of nitrogens with two attached hydrogens (primary N) is 1. The molecule has 2 nitrogen and oxygen atoms in total. The zero-order valence-corrected chi connectivity index (χ0v) is 10.7. The summed E-state index contributed by atoms with van der Waals surface area (Å²) in [6.45, 7) is 1.99. The molecule has 0 saturated heterocycles. The third-order valence-corrected chi connectivity index (χ3v) is 3.23. The van der Waals surface area contributed by atoms with E-state index < -0.39 is 5.82 Å². The first kappa shape index (κ1) is 13.0. The van der Waals surface area contributed by atoms with Crippen LogP contribution in [-0.2, 0) is 0 Å². The van der Waals surface area contributed by atoms with E-state index in [4.69, 9.17) is 17.4 Å². The van der Waals surface area contributed by atoms with Crippen LogP contribution in [-0.4, -0.2) is 0 Å². The van der Waals surface area contributed by atoms with Gasteiger partial charge in [0.15, 0.2) is 0 Å². The first-order chi connectivity index (χ1) is 8.63. The van der Waals surface area contributed by atoms with E-state index in [1.807, 2.05) is 31.2 Å². The zero-order valence-electron chi connectivity index (χ0n) is 9.95. The first-order valence-corrected chi connectivity index (χ1v) is 5.98. The average molecular weight is 265 g/mol. The van der Waals surface area contributed by atoms with Crippen LogP contribution in [0.1, 0.15) is 22.7 Å². The minimum Gasteiger partial charge on any atom is -0.271 e. The Bertz CT molecular complexity index is 557. The lowest BCUT2D eigenvalue weighted by Gasteiger charge is -2.18. The summed E-state index contributed by atoms with van der Waals surface area (Å²) in [7, 11) is 0. The molecule has 0 fully saturated rings. The molecular weight excluding hydrogens is 251 g/mol. The summed E-state index contributed by atoms with van der Waals surface area (Å²) < 4.78 is 13.5. The number of hydrazine groups is 1. The summed E-state index contributed by atoms with van der Waals surface area (Å²) in [5, 5.41) is 0.0990. The summed E-state index contributed by atoms with van der Waals surface area (Å²) in [6.07, 6.45) is 0. The molecule has 0 heterocycles. The molecule has 3 N–H and O–H groups in total. The van der Waals surface area contributed by atoms with Crippen molar-refractivity contribution in [3.05, 3.63) is 70.0 Å². The second-order valence-corrected chi connectivity index (χ2v) is 4.53. The Labute approximate surface area is 111 Å². The van der Waals surface area contributed by atoms with Gasteiger partial charge in [-0.15, -0.1) is 0 Å². The van der Waals surface area contributed by atoms with Gasteiger partial charge in [-0.3, -0.25) is 5.84 Å². The standard InChI is InChI=1S/C14H14ClFN2/c1-9-4-2-5-10(8-9)14(18-17)11-6-3-7-12(16)13(11)15/h2-8,14,18H,17H2,1H3. The molecular formula is C14H14ClFN2. The first-order valence-electron chi connectivity index (χ1n) is 5.60. The predicted octanol–water partition coefficient (Wildman–Crippen LogP) is 3.34. The van der Waals surface area contributed by atoms with Gasteiger partial charge >= 0.3 is 0 Å². The molecule has 0 radical (unpaired) electrons. The van der Waals surface area contributed by atoms with Crippen molar-refractivity contribution in [3.8, 4) is 0 Å². The van der Waals surface area contributed by atoms with Crippen LogP contribution in [0.15, 0.2) is 42.5 Å². The number of nitrogens with one attached hydrogen (secondary N) is 1. The fourth-order valence-corrected chi connectivity index (χ4v) is 2.19. The predicted molar refractivity (Wildman–Crippen MR) is 71.8 cm³/mol. The molecule has 0 spiro atoms. The van der Waals surface area contributed by atoms with Gasteiger partial charge in [0, 0.05) is 0 Å². The van der Waals surface area contributed by atoms with Gasteiger partial charge in [-0.05, 0) is 24.1 Å². The van der Waals surface area contributed by atoms with E-state index >= 15 is 0 Å². The highest BCUT2D eigenvalue weighted by molar-refractivity contribution is 6.31. The number of hydrogen-bond acceptors (Lipinski definition) is 2. The summed E-state index contributed by atoms with van der Waals surface area (Å²) >= 11 is 5.99. The summed E-state index contributed by atoms with van der Waals surface area (Å²) in [6, 6.07) is 12.2. The highest BCUT2D eigenvalue weighted by Gasteiger charge is 2.17. The van der Waals surface area contributed by atoms with E-state index in [1.165, 1.54) is 6.07 Å². The van der Waals surface area contributed by atoms with Crippen molar-refractivity contribution in [2.75, 3.05) is 0 Å². The van der Waals surface area contributed by atoms with E-state index in [9.17, 15) is 4.39 Å². The Balaban J connectivity index is 2.49. The van der Waals surface area contributed by atoms with Crippen molar-refractivity contribution in [2.24, 2.45) is 5.84 Å². The molecule has 0 aliphatic carbocycles. The Kier molecular flexibility index (Phi) is 3.97. The number of aryl methyl sites for hydroxylation is 1. The lowest BCUT2D eigenvalue weighted by molar-refractivity contribution is 0.605. The van der Waals surface area contributed by atoms with Crippen LogP contribution >= 0.6 is 11.6 Å². The third-order valence-electron chi connectivity index (χ3n) is 2.83. The fraction of sp³-hybridized carbons (Fsp3) is 0.143. The number of hydrogen-bond donors (Lipinski definition) is 2. The number of benzene rings is 2. The van der Waals surface area contributed by atoms with E-state index in [-0.39, 0.29) is 11.1 Å². The molecule has 94 valence electrons. The van der Waals surface area contributed by atoms with Crippen molar-refractivity contribution >= 4 is 11.6 Å². The molecule has 0 amide bonds. The summed E-state index contributed by atoms with van der Waals surface area (Å²) in [5.41, 5.74) is 5.37. The Hall–Kier alpha value is -1.42. The van der Waals surface area contributed by atoms with Gasteiger partial charge in [0.2, 0.25) is 0 Å². The topological polar surface area (TPSA) is 38.0 Å². The largest absolute Gasteiger partial charge is 0.271 e. The SMILES string of the molecule is Cc1cccc(C(NN)c2cccc(F)c2Cl)c1. The van der Waals surface area contributed by atoms with Crippen LogP contribution in [0, 0.1) is 12.7 Å². The minimum atomic E-state index is -0.443. The fourth-order valence-electron chi connectivity index (χ4n) is 1.96. The highest BCUT2D eigenvalue weighted by Crippen LogP contribution is 2.29. The molecule has 4 heteroatoms. The normalized spacial score (nSPS) is 12.4. The van der Waals surface area contributed by atoms with Gasteiger partial charge < -0.3 is 0 Å². The van der Waals surface area contributed by atoms with Gasteiger partial charge in [-0.25, -0.2) is 9.82 Å². The molecule has 18 heavy (non-hydrogen) atoms. The monoisotopic (exact) mass is 264 g/mol. The average Bonchev–Trinajstić information content (AvgIpc) is 2.35. The molecule has 2 rings (SSSR count). The maximum atomic E-state index is 13.5. The Morgan fingerprint density at radius 3 is 2.61 bits per heavy atom. The summed E-state index contributed by atoms with van der Waals surface area (Å²) in [5.74, 6) is 5.13. The Morgan fingerprint density at radius 1 is 1.22 bits per heavy atom. The van der Waals surface area contributed by atoms with E-state index in [2.05, 4.69) is 5.43 Å². The molecule has 0 aliphatic heterocycles. The second kappa shape index (κ2) is 5.48.